The number of amides is 1. The Balaban J connectivity index is 2.39. The van der Waals surface area contributed by atoms with Gasteiger partial charge in [0.25, 0.3) is 0 Å². The number of hydrogen-bond acceptors (Lipinski definition) is 5. The van der Waals surface area contributed by atoms with Gasteiger partial charge >= 0.3 is 5.97 Å². The Bertz CT molecular complexity index is 613. The van der Waals surface area contributed by atoms with Crippen LogP contribution in [0.15, 0.2) is 0 Å². The molecule has 2 N–H and O–H groups in total. The van der Waals surface area contributed by atoms with Crippen molar-refractivity contribution in [2.24, 2.45) is 0 Å². The van der Waals surface area contributed by atoms with Crippen LogP contribution in [0.2, 0.25) is 0 Å². The van der Waals surface area contributed by atoms with E-state index in [-0.39, 0.29) is 5.91 Å². The summed E-state index contributed by atoms with van der Waals surface area (Å²) >= 11 is 19.2. The summed E-state index contributed by atoms with van der Waals surface area (Å²) in [6.07, 6.45) is 2.86. The molecule has 1 heterocycles. The van der Waals surface area contributed by atoms with Crippen LogP contribution >= 0.6 is 46.1 Å². The van der Waals surface area contributed by atoms with E-state index in [4.69, 9.17) is 39.5 Å². The first kappa shape index (κ1) is 18.6. The number of carbonyl (C=O) groups is 2. The van der Waals surface area contributed by atoms with Crippen LogP contribution in [0.1, 0.15) is 40.6 Å². The maximum atomic E-state index is 12.2. The maximum Gasteiger partial charge on any atom is 0.341 e. The molecule has 0 aliphatic heterocycles. The summed E-state index contributed by atoms with van der Waals surface area (Å²) in [5.41, 5.74) is 1.46. The van der Waals surface area contributed by atoms with Gasteiger partial charge < -0.3 is 15.4 Å². The molecular formula is C14H17Cl3N2O3S. The third kappa shape index (κ3) is 4.44. The fraction of sp³-hybridized carbons (Fsp3) is 0.571. The van der Waals surface area contributed by atoms with Gasteiger partial charge in [0, 0.05) is 11.8 Å². The molecule has 23 heavy (non-hydrogen) atoms. The molecule has 9 heteroatoms. The van der Waals surface area contributed by atoms with Crippen molar-refractivity contribution in [3.63, 3.8) is 0 Å². The summed E-state index contributed by atoms with van der Waals surface area (Å²) in [6.45, 7) is 1.33. The van der Waals surface area contributed by atoms with Crippen molar-refractivity contribution in [3.8, 4) is 0 Å². The zero-order valence-electron chi connectivity index (χ0n) is 12.7. The number of carbonyl (C=O) groups excluding carboxylic acids is 2. The number of hydrogen-bond donors (Lipinski definition) is 2. The molecule has 1 atom stereocenters. The largest absolute Gasteiger partial charge is 0.465 e. The van der Waals surface area contributed by atoms with Gasteiger partial charge in [-0.05, 0) is 31.2 Å². The number of ether oxygens (including phenoxy) is 1. The van der Waals surface area contributed by atoms with E-state index in [0.29, 0.717) is 10.6 Å². The fourth-order valence-corrected chi connectivity index (χ4v) is 4.15. The van der Waals surface area contributed by atoms with Gasteiger partial charge in [-0.15, -0.1) is 11.3 Å². The molecule has 1 amide bonds. The van der Waals surface area contributed by atoms with E-state index in [1.54, 1.807) is 0 Å². The Morgan fingerprint density at radius 2 is 1.91 bits per heavy atom. The summed E-state index contributed by atoms with van der Waals surface area (Å²) in [7, 11) is 1.33. The minimum absolute atomic E-state index is 0.352. The minimum Gasteiger partial charge on any atom is -0.465 e. The van der Waals surface area contributed by atoms with E-state index in [1.807, 2.05) is 0 Å². The minimum atomic E-state index is -1.77. The number of alkyl halides is 3. The second-order valence-corrected chi connectivity index (χ2v) is 8.70. The van der Waals surface area contributed by atoms with Crippen LogP contribution in [0.5, 0.6) is 0 Å². The number of esters is 1. The average molecular weight is 400 g/mol. The highest BCUT2D eigenvalue weighted by Gasteiger charge is 2.36. The lowest BCUT2D eigenvalue weighted by molar-refractivity contribution is -0.119. The molecule has 0 spiro atoms. The average Bonchev–Trinajstić information content (AvgIpc) is 2.82. The second-order valence-electron chi connectivity index (χ2n) is 5.23. The molecular weight excluding hydrogens is 383 g/mol. The predicted octanol–water partition coefficient (Wildman–Crippen LogP) is 3.66. The monoisotopic (exact) mass is 398 g/mol. The fourth-order valence-electron chi connectivity index (χ4n) is 2.52. The summed E-state index contributed by atoms with van der Waals surface area (Å²) in [4.78, 5) is 24.7. The predicted molar refractivity (Wildman–Crippen MR) is 93.8 cm³/mol. The SMILES string of the molecule is COC(=O)c1c(N[C@@H](NC(C)=O)C(Cl)(Cl)Cl)sc2c1CCCC2. The lowest BCUT2D eigenvalue weighted by atomic mass is 9.95. The van der Waals surface area contributed by atoms with Crippen molar-refractivity contribution < 1.29 is 14.3 Å². The van der Waals surface area contributed by atoms with Crippen molar-refractivity contribution in [3.05, 3.63) is 16.0 Å². The Labute approximate surface area is 153 Å². The lowest BCUT2D eigenvalue weighted by Gasteiger charge is -2.26. The van der Waals surface area contributed by atoms with Crippen molar-refractivity contribution in [1.82, 2.24) is 5.32 Å². The zero-order valence-corrected chi connectivity index (χ0v) is 15.8. The third-order valence-electron chi connectivity index (χ3n) is 3.51. The van der Waals surface area contributed by atoms with Crippen LogP contribution < -0.4 is 10.6 Å². The highest BCUT2D eigenvalue weighted by molar-refractivity contribution is 7.16. The number of fused-ring (bicyclic) bond motifs is 1. The summed E-state index contributed by atoms with van der Waals surface area (Å²) in [5.74, 6) is -0.785. The molecule has 1 aromatic rings. The Morgan fingerprint density at radius 3 is 2.48 bits per heavy atom. The topological polar surface area (TPSA) is 67.4 Å². The summed E-state index contributed by atoms with van der Waals surface area (Å²) in [5, 5.41) is 6.07. The molecule has 0 saturated carbocycles. The van der Waals surface area contributed by atoms with Crippen molar-refractivity contribution in [2.45, 2.75) is 42.6 Å². The van der Waals surface area contributed by atoms with E-state index in [9.17, 15) is 9.59 Å². The van der Waals surface area contributed by atoms with Crippen molar-refractivity contribution in [1.29, 1.82) is 0 Å². The van der Waals surface area contributed by atoms with E-state index in [2.05, 4.69) is 10.6 Å². The summed E-state index contributed by atoms with van der Waals surface area (Å²) < 4.78 is 3.12. The third-order valence-corrected chi connectivity index (χ3v) is 5.39. The van der Waals surface area contributed by atoms with Crippen molar-refractivity contribution >= 4 is 63.0 Å². The number of halogens is 3. The molecule has 2 rings (SSSR count). The van der Waals surface area contributed by atoms with Gasteiger partial charge in [0.05, 0.1) is 12.7 Å². The molecule has 0 aromatic carbocycles. The van der Waals surface area contributed by atoms with Crippen LogP contribution in [-0.4, -0.2) is 28.9 Å². The summed E-state index contributed by atoms with van der Waals surface area (Å²) in [6, 6.07) is 0. The molecule has 1 aliphatic carbocycles. The molecule has 0 unspecified atom stereocenters. The van der Waals surface area contributed by atoms with Crippen LogP contribution in [0.25, 0.3) is 0 Å². The maximum absolute atomic E-state index is 12.2. The Hall–Kier alpha value is -0.690. The standard InChI is InChI=1S/C14H17Cl3N2O3S/c1-7(20)18-13(14(15,16)17)19-11-10(12(21)22-2)8-5-3-4-6-9(8)23-11/h13,19H,3-6H2,1-2H3,(H,18,20)/t13-/m1/s1. The van der Waals surface area contributed by atoms with Gasteiger partial charge in [-0.25, -0.2) is 4.79 Å². The number of thiophene rings is 1. The van der Waals surface area contributed by atoms with Crippen LogP contribution in [-0.2, 0) is 22.4 Å². The Morgan fingerprint density at radius 1 is 1.26 bits per heavy atom. The normalized spacial score (nSPS) is 15.5. The highest BCUT2D eigenvalue weighted by atomic mass is 35.6. The van der Waals surface area contributed by atoms with E-state index >= 15 is 0 Å². The first-order valence-electron chi connectivity index (χ1n) is 7.07. The molecule has 1 aromatic heterocycles. The first-order valence-corrected chi connectivity index (χ1v) is 9.02. The molecule has 5 nitrogen and oxygen atoms in total. The molecule has 0 radical (unpaired) electrons. The van der Waals surface area contributed by atoms with Crippen LogP contribution in [0, 0.1) is 0 Å². The van der Waals surface area contributed by atoms with Crippen molar-refractivity contribution in [2.75, 3.05) is 12.4 Å². The van der Waals surface area contributed by atoms with Crippen LogP contribution in [0.3, 0.4) is 0 Å². The van der Waals surface area contributed by atoms with Crippen LogP contribution in [0.4, 0.5) is 5.00 Å². The number of nitrogens with one attached hydrogen (secondary N) is 2. The molecule has 1 aliphatic rings. The van der Waals surface area contributed by atoms with Gasteiger partial charge in [-0.2, -0.15) is 0 Å². The smallest absolute Gasteiger partial charge is 0.341 e. The number of aryl methyl sites for hydroxylation is 1. The van der Waals surface area contributed by atoms with Gasteiger partial charge in [0.2, 0.25) is 9.70 Å². The molecule has 0 fully saturated rings. The number of methoxy groups -OCH3 is 1. The molecule has 0 saturated heterocycles. The second kappa shape index (κ2) is 7.47. The zero-order chi connectivity index (χ0) is 17.2. The number of rotatable bonds is 4. The molecule has 0 bridgehead atoms. The van der Waals surface area contributed by atoms with Gasteiger partial charge in [0.1, 0.15) is 11.2 Å². The van der Waals surface area contributed by atoms with Gasteiger partial charge in [-0.3, -0.25) is 4.79 Å². The van der Waals surface area contributed by atoms with Gasteiger partial charge in [0.15, 0.2) is 0 Å². The van der Waals surface area contributed by atoms with E-state index in [1.165, 1.54) is 25.4 Å². The Kier molecular flexibility index (Phi) is 6.05. The van der Waals surface area contributed by atoms with Gasteiger partial charge in [-0.1, -0.05) is 34.8 Å². The number of anilines is 1. The molecule has 128 valence electrons. The highest BCUT2D eigenvalue weighted by Crippen LogP contribution is 2.40. The quantitative estimate of drug-likeness (QED) is 0.461. The van der Waals surface area contributed by atoms with E-state index in [0.717, 1.165) is 36.1 Å². The first-order chi connectivity index (χ1) is 10.7. The van der Waals surface area contributed by atoms with E-state index < -0.39 is 15.9 Å². The lowest BCUT2D eigenvalue weighted by Crippen LogP contribution is -2.48.